The van der Waals surface area contributed by atoms with E-state index >= 15 is 0 Å². The molecule has 0 radical (unpaired) electrons. The summed E-state index contributed by atoms with van der Waals surface area (Å²) in [6.45, 7) is 1.00. The van der Waals surface area contributed by atoms with E-state index in [1.165, 1.54) is 0 Å². The zero-order valence-electron chi connectivity index (χ0n) is 12.2. The van der Waals surface area contributed by atoms with Crippen LogP contribution < -0.4 is 10.1 Å². The molecule has 0 aliphatic carbocycles. The molecule has 112 valence electrons. The van der Waals surface area contributed by atoms with Crippen molar-refractivity contribution in [3.05, 3.63) is 59.7 Å². The number of rotatable bonds is 6. The summed E-state index contributed by atoms with van der Waals surface area (Å²) >= 11 is 0. The number of nitrogens with one attached hydrogen (secondary N) is 1. The van der Waals surface area contributed by atoms with Gasteiger partial charge in [0, 0.05) is 18.4 Å². The van der Waals surface area contributed by atoms with Gasteiger partial charge in [0.2, 0.25) is 0 Å². The van der Waals surface area contributed by atoms with Gasteiger partial charge in [-0.1, -0.05) is 0 Å². The van der Waals surface area contributed by atoms with Crippen molar-refractivity contribution >= 4 is 11.6 Å². The van der Waals surface area contributed by atoms with E-state index in [4.69, 9.17) is 14.7 Å². The van der Waals surface area contributed by atoms with E-state index in [1.807, 2.05) is 6.07 Å². The number of carbonyl (C=O) groups excluding carboxylic acids is 1. The molecule has 0 aliphatic rings. The van der Waals surface area contributed by atoms with Gasteiger partial charge in [0.25, 0.3) is 5.91 Å². The molecule has 1 amide bonds. The summed E-state index contributed by atoms with van der Waals surface area (Å²) < 4.78 is 10.4. The predicted octanol–water partition coefficient (Wildman–Crippen LogP) is 2.84. The van der Waals surface area contributed by atoms with Crippen LogP contribution in [0.15, 0.2) is 48.5 Å². The van der Waals surface area contributed by atoms with Crippen LogP contribution in [-0.2, 0) is 4.74 Å². The van der Waals surface area contributed by atoms with Gasteiger partial charge in [-0.25, -0.2) is 0 Å². The molecule has 5 nitrogen and oxygen atoms in total. The maximum absolute atomic E-state index is 12.1. The minimum Gasteiger partial charge on any atom is -0.491 e. The summed E-state index contributed by atoms with van der Waals surface area (Å²) in [6, 6.07) is 15.6. The number of nitrogens with zero attached hydrogens (tertiary/aromatic N) is 1. The van der Waals surface area contributed by atoms with Crippen LogP contribution in [-0.4, -0.2) is 26.2 Å². The maximum Gasteiger partial charge on any atom is 0.255 e. The minimum absolute atomic E-state index is 0.224. The molecule has 0 heterocycles. The second-order valence-corrected chi connectivity index (χ2v) is 4.51. The molecule has 0 aromatic heterocycles. The van der Waals surface area contributed by atoms with Crippen molar-refractivity contribution in [1.29, 1.82) is 5.26 Å². The summed E-state index contributed by atoms with van der Waals surface area (Å²) in [5, 5.41) is 11.5. The fourth-order valence-corrected chi connectivity index (χ4v) is 1.78. The standard InChI is InChI=1S/C17H16N2O3/c1-21-10-11-22-16-8-6-15(7-9-16)19-17(20)14-4-2-13(12-18)3-5-14/h2-9H,10-11H2,1H3,(H,19,20). The van der Waals surface area contributed by atoms with Crippen molar-refractivity contribution in [3.8, 4) is 11.8 Å². The van der Waals surface area contributed by atoms with Gasteiger partial charge in [0.15, 0.2) is 0 Å². The van der Waals surface area contributed by atoms with Crippen LogP contribution in [0.25, 0.3) is 0 Å². The molecule has 0 unspecified atom stereocenters. The van der Waals surface area contributed by atoms with Gasteiger partial charge >= 0.3 is 0 Å². The Hall–Kier alpha value is -2.84. The smallest absolute Gasteiger partial charge is 0.255 e. The quantitative estimate of drug-likeness (QED) is 0.832. The molecule has 22 heavy (non-hydrogen) atoms. The van der Waals surface area contributed by atoms with E-state index in [-0.39, 0.29) is 5.91 Å². The van der Waals surface area contributed by atoms with Gasteiger partial charge < -0.3 is 14.8 Å². The lowest BCUT2D eigenvalue weighted by Crippen LogP contribution is -2.11. The average Bonchev–Trinajstić information content (AvgIpc) is 2.57. The largest absolute Gasteiger partial charge is 0.491 e. The lowest BCUT2D eigenvalue weighted by atomic mass is 10.1. The van der Waals surface area contributed by atoms with Crippen LogP contribution in [0, 0.1) is 11.3 Å². The molecule has 0 atom stereocenters. The summed E-state index contributed by atoms with van der Waals surface area (Å²) in [5.41, 5.74) is 1.70. The van der Waals surface area contributed by atoms with Crippen molar-refractivity contribution in [3.63, 3.8) is 0 Å². The summed E-state index contributed by atoms with van der Waals surface area (Å²) in [4.78, 5) is 12.1. The van der Waals surface area contributed by atoms with E-state index in [9.17, 15) is 4.79 Å². The molecule has 0 spiro atoms. The highest BCUT2D eigenvalue weighted by Crippen LogP contribution is 2.16. The SMILES string of the molecule is COCCOc1ccc(NC(=O)c2ccc(C#N)cc2)cc1. The predicted molar refractivity (Wildman–Crippen MR) is 82.9 cm³/mol. The van der Waals surface area contributed by atoms with Gasteiger partial charge in [-0.05, 0) is 48.5 Å². The van der Waals surface area contributed by atoms with E-state index in [0.29, 0.717) is 35.8 Å². The third kappa shape index (κ3) is 4.33. The van der Waals surface area contributed by atoms with E-state index in [1.54, 1.807) is 55.6 Å². The van der Waals surface area contributed by atoms with Crippen LogP contribution in [0.2, 0.25) is 0 Å². The molecule has 0 saturated carbocycles. The molecule has 0 aliphatic heterocycles. The first-order valence-corrected chi connectivity index (χ1v) is 6.76. The van der Waals surface area contributed by atoms with Crippen LogP contribution in [0.4, 0.5) is 5.69 Å². The van der Waals surface area contributed by atoms with Gasteiger partial charge in [0.1, 0.15) is 12.4 Å². The normalized spacial score (nSPS) is 9.82. The summed E-state index contributed by atoms with van der Waals surface area (Å²) in [7, 11) is 1.62. The highest BCUT2D eigenvalue weighted by atomic mass is 16.5. The number of hydrogen-bond acceptors (Lipinski definition) is 4. The monoisotopic (exact) mass is 296 g/mol. The molecule has 2 aromatic rings. The molecule has 2 aromatic carbocycles. The lowest BCUT2D eigenvalue weighted by Gasteiger charge is -2.08. The molecule has 1 N–H and O–H groups in total. The highest BCUT2D eigenvalue weighted by molar-refractivity contribution is 6.04. The molecule has 0 saturated heterocycles. The molecule has 5 heteroatoms. The topological polar surface area (TPSA) is 71.3 Å². The third-order valence-corrected chi connectivity index (χ3v) is 2.94. The number of nitriles is 1. The summed E-state index contributed by atoms with van der Waals surface area (Å²) in [5.74, 6) is 0.492. The zero-order valence-corrected chi connectivity index (χ0v) is 12.2. The number of hydrogen-bond donors (Lipinski definition) is 1. The fraction of sp³-hybridized carbons (Fsp3) is 0.176. The van der Waals surface area contributed by atoms with Crippen LogP contribution in [0.1, 0.15) is 15.9 Å². The van der Waals surface area contributed by atoms with E-state index < -0.39 is 0 Å². The first-order valence-electron chi connectivity index (χ1n) is 6.76. The number of benzene rings is 2. The molecular formula is C17H16N2O3. The van der Waals surface area contributed by atoms with Crippen molar-refractivity contribution in [2.45, 2.75) is 0 Å². The Bertz CT molecular complexity index is 658. The Morgan fingerprint density at radius 1 is 1.09 bits per heavy atom. The number of carbonyl (C=O) groups is 1. The number of anilines is 1. The van der Waals surface area contributed by atoms with E-state index in [2.05, 4.69) is 5.32 Å². The second-order valence-electron chi connectivity index (χ2n) is 4.51. The van der Waals surface area contributed by atoms with E-state index in [0.717, 1.165) is 0 Å². The Morgan fingerprint density at radius 3 is 2.36 bits per heavy atom. The molecule has 0 fully saturated rings. The lowest BCUT2D eigenvalue weighted by molar-refractivity contribution is 0.102. The number of methoxy groups -OCH3 is 1. The zero-order chi connectivity index (χ0) is 15.8. The van der Waals surface area contributed by atoms with Gasteiger partial charge in [-0.2, -0.15) is 5.26 Å². The first kappa shape index (κ1) is 15.5. The Morgan fingerprint density at radius 2 is 1.77 bits per heavy atom. The van der Waals surface area contributed by atoms with Crippen molar-refractivity contribution in [1.82, 2.24) is 0 Å². The Balaban J connectivity index is 1.94. The molecular weight excluding hydrogens is 280 g/mol. The van der Waals surface area contributed by atoms with Crippen molar-refractivity contribution < 1.29 is 14.3 Å². The van der Waals surface area contributed by atoms with Gasteiger partial charge in [-0.15, -0.1) is 0 Å². The summed E-state index contributed by atoms with van der Waals surface area (Å²) in [6.07, 6.45) is 0. The van der Waals surface area contributed by atoms with Gasteiger partial charge in [-0.3, -0.25) is 4.79 Å². The van der Waals surface area contributed by atoms with Crippen molar-refractivity contribution in [2.24, 2.45) is 0 Å². The van der Waals surface area contributed by atoms with Crippen molar-refractivity contribution in [2.75, 3.05) is 25.6 Å². The van der Waals surface area contributed by atoms with Crippen LogP contribution >= 0.6 is 0 Å². The molecule has 0 bridgehead atoms. The number of ether oxygens (including phenoxy) is 2. The van der Waals surface area contributed by atoms with Crippen LogP contribution in [0.3, 0.4) is 0 Å². The molecule has 2 rings (SSSR count). The fourth-order valence-electron chi connectivity index (χ4n) is 1.78. The number of amides is 1. The Labute approximate surface area is 129 Å². The first-order chi connectivity index (χ1) is 10.7. The maximum atomic E-state index is 12.1. The van der Waals surface area contributed by atoms with Crippen LogP contribution in [0.5, 0.6) is 5.75 Å². The Kier molecular flexibility index (Phi) is 5.52. The highest BCUT2D eigenvalue weighted by Gasteiger charge is 2.06. The minimum atomic E-state index is -0.224. The van der Waals surface area contributed by atoms with Gasteiger partial charge in [0.05, 0.1) is 18.2 Å². The average molecular weight is 296 g/mol. The second kappa shape index (κ2) is 7.81. The third-order valence-electron chi connectivity index (χ3n) is 2.94.